The van der Waals surface area contributed by atoms with Crippen molar-refractivity contribution in [1.82, 2.24) is 4.67 Å². The van der Waals surface area contributed by atoms with Gasteiger partial charge in [0, 0.05) is 12.3 Å². The Hall–Kier alpha value is -1.32. The Kier molecular flexibility index (Phi) is 3.80. The Morgan fingerprint density at radius 2 is 2.57 bits per heavy atom. The second kappa shape index (κ2) is 4.68. The van der Waals surface area contributed by atoms with Crippen molar-refractivity contribution in [3.63, 3.8) is 0 Å². The van der Waals surface area contributed by atoms with Crippen LogP contribution in [0.2, 0.25) is 0 Å². The minimum atomic E-state index is 1.31. The summed E-state index contributed by atoms with van der Waals surface area (Å²) in [5.74, 6) is 0. The van der Waals surface area contributed by atoms with E-state index in [0.29, 0.717) is 0 Å². The summed E-state index contributed by atoms with van der Waals surface area (Å²) in [6, 6.07) is 2.03. The van der Waals surface area contributed by atoms with Crippen molar-refractivity contribution in [3.8, 4) is 12.5 Å². The van der Waals surface area contributed by atoms with E-state index in [-0.39, 0.29) is 0 Å². The Labute approximate surface area is 42.3 Å². The lowest BCUT2D eigenvalue weighted by atomic mass is 10.8. The normalized spacial score (nSPS) is 7.29. The third-order valence-electron chi connectivity index (χ3n) is 0.302. The first-order valence-electron chi connectivity index (χ1n) is 1.62. The van der Waals surface area contributed by atoms with E-state index in [2.05, 4.69) is 16.4 Å². The Bertz CT molecular complexity index is 144. The molecule has 0 aromatic carbocycles. The maximum atomic E-state index is 4.72. The van der Waals surface area contributed by atoms with E-state index in [0.717, 1.165) is 0 Å². The van der Waals surface area contributed by atoms with Crippen LogP contribution in [0.3, 0.4) is 0 Å². The van der Waals surface area contributed by atoms with E-state index >= 15 is 0 Å². The van der Waals surface area contributed by atoms with Crippen molar-refractivity contribution in [1.29, 1.82) is 0 Å². The Morgan fingerprint density at radius 1 is 1.86 bits per heavy atom. The van der Waals surface area contributed by atoms with Crippen LogP contribution in [0.15, 0.2) is 4.99 Å². The maximum absolute atomic E-state index is 4.72. The summed E-state index contributed by atoms with van der Waals surface area (Å²) < 4.78 is 3.10. The lowest BCUT2D eigenvalue weighted by Crippen LogP contribution is -1.75. The average molecular weight is 92.1 g/mol. The van der Waals surface area contributed by atoms with Crippen molar-refractivity contribution in [2.24, 2.45) is 4.99 Å². The van der Waals surface area contributed by atoms with E-state index in [1.807, 2.05) is 6.04 Å². The summed E-state index contributed by atoms with van der Waals surface area (Å²) in [7, 11) is 0. The quantitative estimate of drug-likeness (QED) is 0.178. The van der Waals surface area contributed by atoms with Crippen LogP contribution in [0.4, 0.5) is 0 Å². The Morgan fingerprint density at radius 3 is 3.00 bits per heavy atom. The van der Waals surface area contributed by atoms with Gasteiger partial charge in [0.25, 0.3) is 0 Å². The lowest BCUT2D eigenvalue weighted by Gasteiger charge is -1.57. The minimum absolute atomic E-state index is 1.31. The number of hydrogen-bond donors (Lipinski definition) is 0. The van der Waals surface area contributed by atoms with E-state index in [1.165, 1.54) is 12.4 Å². The third-order valence-corrected chi connectivity index (χ3v) is 0.302. The van der Waals surface area contributed by atoms with Gasteiger partial charge in [-0.3, -0.25) is 4.67 Å². The molecule has 0 aliphatic heterocycles. The molecule has 34 valence electrons. The van der Waals surface area contributed by atoms with Gasteiger partial charge in [0.15, 0.2) is 6.21 Å². The molecule has 0 amide bonds. The maximum Gasteiger partial charge on any atom is 0.160 e. The summed E-state index contributed by atoms with van der Waals surface area (Å²) in [6.45, 7) is 4.68. The van der Waals surface area contributed by atoms with Gasteiger partial charge in [0.1, 0.15) is 6.72 Å². The van der Waals surface area contributed by atoms with Gasteiger partial charge in [-0.15, -0.1) is 0 Å². The van der Waals surface area contributed by atoms with Crippen LogP contribution in [-0.4, -0.2) is 19.1 Å². The summed E-state index contributed by atoms with van der Waals surface area (Å²) in [6.07, 6.45) is 7.36. The molecule has 0 aliphatic rings. The fourth-order valence-corrected chi connectivity index (χ4v) is 0.115. The lowest BCUT2D eigenvalue weighted by molar-refractivity contribution is 1.73. The molecule has 0 radical (unpaired) electrons. The zero-order chi connectivity index (χ0) is 5.54. The molecule has 0 saturated heterocycles. The van der Waals surface area contributed by atoms with Crippen molar-refractivity contribution < 1.29 is 0 Å². The van der Waals surface area contributed by atoms with Crippen molar-refractivity contribution in [3.05, 3.63) is 0 Å². The van der Waals surface area contributed by atoms with Crippen LogP contribution in [0, 0.1) is 12.5 Å². The van der Waals surface area contributed by atoms with Gasteiger partial charge in [-0.2, -0.15) is 0 Å². The molecule has 2 heteroatoms. The third kappa shape index (κ3) is 4.68. The molecule has 0 saturated carbocycles. The summed E-state index contributed by atoms with van der Waals surface area (Å²) in [5.41, 5.74) is 0. The van der Waals surface area contributed by atoms with E-state index in [1.54, 1.807) is 0 Å². The predicted octanol–water partition coefficient (Wildman–Crippen LogP) is -0.637. The highest BCUT2D eigenvalue weighted by molar-refractivity contribution is 6.15. The zero-order valence-electron chi connectivity index (χ0n) is 3.70. The molecule has 0 rings (SSSR count). The highest BCUT2D eigenvalue weighted by Crippen LogP contribution is 1.47. The van der Waals surface area contributed by atoms with Crippen molar-refractivity contribution >= 4 is 19.1 Å². The molecular weight excluding hydrogens is 88.1 g/mol. The van der Waals surface area contributed by atoms with E-state index < -0.39 is 0 Å². The van der Waals surface area contributed by atoms with Crippen LogP contribution < -0.4 is 4.67 Å². The van der Waals surface area contributed by atoms with Crippen LogP contribution >= 0.6 is 0 Å². The number of hydrogen-bond acceptors (Lipinski definition) is 1. The molecule has 0 bridgehead atoms. The first-order valence-corrected chi connectivity index (χ1v) is 1.62. The Balaban J connectivity index is 3.54. The van der Waals surface area contributed by atoms with Gasteiger partial charge in [-0.05, 0) is 0 Å². The number of nitrogens with zero attached hydrogens (tertiary/aromatic N) is 2. The monoisotopic (exact) mass is 92.0 g/mol. The molecule has 0 aliphatic carbocycles. The minimum Gasteiger partial charge on any atom is -0.293 e. The SMILES string of the molecule is C#CN=CC=[N+]=[CH-]. The highest BCUT2D eigenvalue weighted by Gasteiger charge is 1.53. The molecule has 0 atom stereocenters. The zero-order valence-corrected chi connectivity index (χ0v) is 3.70. The second-order valence-electron chi connectivity index (χ2n) is 0.705. The standard InChI is InChI=1S/C5H4N2/c1-3-7-5-4-6-2/h1-2,4-5H. The molecule has 2 nitrogen and oxygen atoms in total. The topological polar surface area (TPSA) is 26.5 Å². The smallest absolute Gasteiger partial charge is 0.160 e. The van der Waals surface area contributed by atoms with Crippen LogP contribution in [0.25, 0.3) is 0 Å². The number of terminal acetylenes is 1. The van der Waals surface area contributed by atoms with Gasteiger partial charge < -0.3 is 0 Å². The molecule has 7 heavy (non-hydrogen) atoms. The first kappa shape index (κ1) is 5.68. The van der Waals surface area contributed by atoms with Gasteiger partial charge in [-0.25, -0.2) is 4.99 Å². The van der Waals surface area contributed by atoms with Crippen LogP contribution in [0.5, 0.6) is 0 Å². The molecule has 0 aromatic heterocycles. The summed E-state index contributed by atoms with van der Waals surface area (Å²) >= 11 is 0. The molecule has 0 fully saturated rings. The van der Waals surface area contributed by atoms with Gasteiger partial charge in [0.05, 0.1) is 0 Å². The molecular formula is C5H4N2. The average Bonchev–Trinajstić information content (AvgIpc) is 1.69. The molecule has 0 spiro atoms. The fraction of sp³-hybridized carbons (Fsp3) is 0. The van der Waals surface area contributed by atoms with Gasteiger partial charge >= 0.3 is 0 Å². The van der Waals surface area contributed by atoms with Crippen LogP contribution in [0.1, 0.15) is 0 Å². The second-order valence-corrected chi connectivity index (χ2v) is 0.705. The molecule has 0 unspecified atom stereocenters. The van der Waals surface area contributed by atoms with Crippen LogP contribution in [-0.2, 0) is 0 Å². The van der Waals surface area contributed by atoms with E-state index in [9.17, 15) is 0 Å². The fourth-order valence-electron chi connectivity index (χ4n) is 0.115. The predicted molar refractivity (Wildman–Crippen MR) is 31.6 cm³/mol. The molecule has 0 N–H and O–H groups in total. The van der Waals surface area contributed by atoms with Crippen molar-refractivity contribution in [2.75, 3.05) is 0 Å². The van der Waals surface area contributed by atoms with E-state index in [4.69, 9.17) is 6.42 Å². The highest BCUT2D eigenvalue weighted by atomic mass is 14.7. The van der Waals surface area contributed by atoms with Gasteiger partial charge in [0.2, 0.25) is 0 Å². The summed E-state index contributed by atoms with van der Waals surface area (Å²) in [5, 5.41) is 0. The number of rotatable bonds is 1. The molecule has 0 heterocycles. The molecule has 0 aromatic rings. The summed E-state index contributed by atoms with van der Waals surface area (Å²) in [4.78, 5) is 3.34. The number of aliphatic imine (C=N–C) groups is 1. The largest absolute Gasteiger partial charge is 0.293 e. The first-order chi connectivity index (χ1) is 3.41. The van der Waals surface area contributed by atoms with Gasteiger partial charge in [-0.1, -0.05) is 6.42 Å². The van der Waals surface area contributed by atoms with Crippen molar-refractivity contribution in [2.45, 2.75) is 0 Å².